The van der Waals surface area contributed by atoms with Gasteiger partial charge in [0.1, 0.15) is 0 Å². The summed E-state index contributed by atoms with van der Waals surface area (Å²) in [5, 5.41) is 3.44. The standard InChI is InChI=1S/C15H20N2O/c1-12(18)17-10-8-15(7-9-16-11-14(15)17)13-5-3-2-4-6-13/h2-6,14,16H,7-11H2,1H3/t14-,15+/m1/s1. The molecule has 0 saturated carbocycles. The predicted octanol–water partition coefficient (Wildman–Crippen LogP) is 1.54. The van der Waals surface area contributed by atoms with Gasteiger partial charge in [0.15, 0.2) is 0 Å². The van der Waals surface area contributed by atoms with Gasteiger partial charge in [-0.2, -0.15) is 0 Å². The fraction of sp³-hybridized carbons (Fsp3) is 0.533. The first kappa shape index (κ1) is 11.7. The van der Waals surface area contributed by atoms with Gasteiger partial charge in [-0.15, -0.1) is 0 Å². The number of nitrogens with zero attached hydrogens (tertiary/aromatic N) is 1. The van der Waals surface area contributed by atoms with Crippen molar-refractivity contribution in [3.05, 3.63) is 35.9 Å². The average Bonchev–Trinajstić information content (AvgIpc) is 2.80. The zero-order chi connectivity index (χ0) is 12.6. The predicted molar refractivity (Wildman–Crippen MR) is 71.4 cm³/mol. The molecule has 2 heterocycles. The highest BCUT2D eigenvalue weighted by atomic mass is 16.2. The molecule has 3 heteroatoms. The first-order valence-electron chi connectivity index (χ1n) is 6.77. The number of carbonyl (C=O) groups excluding carboxylic acids is 1. The first-order chi connectivity index (χ1) is 8.74. The van der Waals surface area contributed by atoms with Crippen LogP contribution in [0.1, 0.15) is 25.3 Å². The Morgan fingerprint density at radius 1 is 1.33 bits per heavy atom. The van der Waals surface area contributed by atoms with E-state index < -0.39 is 0 Å². The summed E-state index contributed by atoms with van der Waals surface area (Å²) in [7, 11) is 0. The summed E-state index contributed by atoms with van der Waals surface area (Å²) in [5.74, 6) is 0.210. The molecule has 0 aliphatic carbocycles. The molecule has 96 valence electrons. The molecular formula is C15H20N2O. The molecule has 2 saturated heterocycles. The van der Waals surface area contributed by atoms with Crippen molar-refractivity contribution in [2.75, 3.05) is 19.6 Å². The van der Waals surface area contributed by atoms with E-state index in [1.807, 2.05) is 0 Å². The number of fused-ring (bicyclic) bond motifs is 1. The lowest BCUT2D eigenvalue weighted by Crippen LogP contribution is -2.55. The third-order valence-corrected chi connectivity index (χ3v) is 4.65. The van der Waals surface area contributed by atoms with E-state index in [9.17, 15) is 4.79 Å². The minimum atomic E-state index is 0.179. The van der Waals surface area contributed by atoms with Gasteiger partial charge < -0.3 is 10.2 Å². The SMILES string of the molecule is CC(=O)N1CC[C@]2(c3ccccc3)CCNC[C@@H]12. The van der Waals surface area contributed by atoms with Crippen LogP contribution in [0.3, 0.4) is 0 Å². The van der Waals surface area contributed by atoms with Gasteiger partial charge in [0.05, 0.1) is 6.04 Å². The Bertz CT molecular complexity index is 445. The van der Waals surface area contributed by atoms with E-state index in [0.29, 0.717) is 6.04 Å². The third kappa shape index (κ3) is 1.65. The molecular weight excluding hydrogens is 224 g/mol. The van der Waals surface area contributed by atoms with Gasteiger partial charge in [0.2, 0.25) is 5.91 Å². The van der Waals surface area contributed by atoms with Crippen LogP contribution < -0.4 is 5.32 Å². The molecule has 0 unspecified atom stereocenters. The molecule has 1 aromatic carbocycles. The van der Waals surface area contributed by atoms with Crippen molar-refractivity contribution in [2.45, 2.75) is 31.2 Å². The molecule has 1 N–H and O–H groups in total. The van der Waals surface area contributed by atoms with Crippen LogP contribution in [0, 0.1) is 0 Å². The fourth-order valence-corrected chi connectivity index (χ4v) is 3.72. The van der Waals surface area contributed by atoms with Crippen LogP contribution in [0.2, 0.25) is 0 Å². The number of likely N-dealkylation sites (tertiary alicyclic amines) is 1. The number of carbonyl (C=O) groups is 1. The Kier molecular flexibility index (Phi) is 2.86. The van der Waals surface area contributed by atoms with Gasteiger partial charge in [0, 0.05) is 25.4 Å². The molecule has 2 fully saturated rings. The van der Waals surface area contributed by atoms with E-state index in [4.69, 9.17) is 0 Å². The molecule has 0 aromatic heterocycles. The Morgan fingerprint density at radius 3 is 2.83 bits per heavy atom. The Hall–Kier alpha value is -1.35. The summed E-state index contributed by atoms with van der Waals surface area (Å²) < 4.78 is 0. The van der Waals surface area contributed by atoms with Crippen molar-refractivity contribution in [1.82, 2.24) is 10.2 Å². The Labute approximate surface area is 108 Å². The average molecular weight is 244 g/mol. The zero-order valence-corrected chi connectivity index (χ0v) is 10.9. The molecule has 0 spiro atoms. The molecule has 3 nitrogen and oxygen atoms in total. The maximum atomic E-state index is 11.8. The number of piperidine rings is 1. The molecule has 3 rings (SSSR count). The van der Waals surface area contributed by atoms with Crippen LogP contribution in [-0.4, -0.2) is 36.5 Å². The molecule has 2 aliphatic heterocycles. The monoisotopic (exact) mass is 244 g/mol. The second-order valence-electron chi connectivity index (χ2n) is 5.45. The van der Waals surface area contributed by atoms with Gasteiger partial charge in [-0.25, -0.2) is 0 Å². The van der Waals surface area contributed by atoms with Gasteiger partial charge in [-0.1, -0.05) is 30.3 Å². The van der Waals surface area contributed by atoms with Crippen molar-refractivity contribution < 1.29 is 4.79 Å². The highest BCUT2D eigenvalue weighted by Gasteiger charge is 2.50. The van der Waals surface area contributed by atoms with Crippen LogP contribution in [0.15, 0.2) is 30.3 Å². The lowest BCUT2D eigenvalue weighted by atomic mass is 9.70. The highest BCUT2D eigenvalue weighted by molar-refractivity contribution is 5.74. The largest absolute Gasteiger partial charge is 0.338 e. The summed E-state index contributed by atoms with van der Waals surface area (Å²) in [4.78, 5) is 13.8. The molecule has 18 heavy (non-hydrogen) atoms. The van der Waals surface area contributed by atoms with Gasteiger partial charge >= 0.3 is 0 Å². The zero-order valence-electron chi connectivity index (χ0n) is 10.9. The van der Waals surface area contributed by atoms with Gasteiger partial charge in [-0.3, -0.25) is 4.79 Å². The van der Waals surface area contributed by atoms with Crippen molar-refractivity contribution in [2.24, 2.45) is 0 Å². The van der Waals surface area contributed by atoms with Crippen molar-refractivity contribution in [3.63, 3.8) is 0 Å². The van der Waals surface area contributed by atoms with Crippen molar-refractivity contribution >= 4 is 5.91 Å². The summed E-state index contributed by atoms with van der Waals surface area (Å²) in [6.07, 6.45) is 2.23. The van der Waals surface area contributed by atoms with E-state index in [1.165, 1.54) is 5.56 Å². The highest BCUT2D eigenvalue weighted by Crippen LogP contribution is 2.44. The van der Waals surface area contributed by atoms with E-state index >= 15 is 0 Å². The number of nitrogens with one attached hydrogen (secondary N) is 1. The van der Waals surface area contributed by atoms with Crippen LogP contribution in [0.5, 0.6) is 0 Å². The lowest BCUT2D eigenvalue weighted by molar-refractivity contribution is -0.130. The van der Waals surface area contributed by atoms with E-state index in [2.05, 4.69) is 40.5 Å². The lowest BCUT2D eigenvalue weighted by Gasteiger charge is -2.42. The van der Waals surface area contributed by atoms with Crippen LogP contribution in [0.25, 0.3) is 0 Å². The van der Waals surface area contributed by atoms with E-state index in [1.54, 1.807) is 6.92 Å². The Morgan fingerprint density at radius 2 is 2.11 bits per heavy atom. The quantitative estimate of drug-likeness (QED) is 0.812. The minimum absolute atomic E-state index is 0.179. The van der Waals surface area contributed by atoms with Crippen LogP contribution in [-0.2, 0) is 10.2 Å². The molecule has 1 aromatic rings. The number of hydrogen-bond acceptors (Lipinski definition) is 2. The van der Waals surface area contributed by atoms with Crippen molar-refractivity contribution in [3.8, 4) is 0 Å². The van der Waals surface area contributed by atoms with E-state index in [0.717, 1.165) is 32.5 Å². The second kappa shape index (κ2) is 4.39. The molecule has 2 atom stereocenters. The van der Waals surface area contributed by atoms with E-state index in [-0.39, 0.29) is 11.3 Å². The molecule has 1 amide bonds. The minimum Gasteiger partial charge on any atom is -0.338 e. The summed E-state index contributed by atoms with van der Waals surface area (Å²) in [6.45, 7) is 4.57. The Balaban J connectivity index is 2.00. The molecule has 2 aliphatic rings. The summed E-state index contributed by atoms with van der Waals surface area (Å²) in [6, 6.07) is 11.1. The maximum absolute atomic E-state index is 11.8. The van der Waals surface area contributed by atoms with Crippen LogP contribution >= 0.6 is 0 Å². The number of amides is 1. The van der Waals surface area contributed by atoms with Crippen molar-refractivity contribution in [1.29, 1.82) is 0 Å². The number of hydrogen-bond donors (Lipinski definition) is 1. The first-order valence-corrected chi connectivity index (χ1v) is 6.77. The molecule has 0 radical (unpaired) electrons. The van der Waals surface area contributed by atoms with Gasteiger partial charge in [-0.05, 0) is 24.9 Å². The number of rotatable bonds is 1. The molecule has 0 bridgehead atoms. The summed E-state index contributed by atoms with van der Waals surface area (Å²) in [5.41, 5.74) is 1.58. The normalized spacial score (nSPS) is 31.2. The topological polar surface area (TPSA) is 32.3 Å². The smallest absolute Gasteiger partial charge is 0.219 e. The van der Waals surface area contributed by atoms with Gasteiger partial charge in [0.25, 0.3) is 0 Å². The third-order valence-electron chi connectivity index (χ3n) is 4.65. The second-order valence-corrected chi connectivity index (χ2v) is 5.45. The van der Waals surface area contributed by atoms with Crippen LogP contribution in [0.4, 0.5) is 0 Å². The maximum Gasteiger partial charge on any atom is 0.219 e. The summed E-state index contributed by atoms with van der Waals surface area (Å²) >= 11 is 0. The number of benzene rings is 1. The fourth-order valence-electron chi connectivity index (χ4n) is 3.72.